The van der Waals surface area contributed by atoms with Gasteiger partial charge in [-0.05, 0) is 25.6 Å². The highest BCUT2D eigenvalue weighted by atomic mass is 32.2. The van der Waals surface area contributed by atoms with Crippen LogP contribution in [0.2, 0.25) is 0 Å². The van der Waals surface area contributed by atoms with Gasteiger partial charge in [-0.25, -0.2) is 13.1 Å². The van der Waals surface area contributed by atoms with E-state index in [0.29, 0.717) is 11.8 Å². The number of rotatable bonds is 5. The van der Waals surface area contributed by atoms with Crippen LogP contribution >= 0.6 is 11.8 Å². The van der Waals surface area contributed by atoms with Crippen LogP contribution in [-0.2, 0) is 10.0 Å². The molecule has 0 aromatic heterocycles. The zero-order chi connectivity index (χ0) is 12.0. The fraction of sp³-hybridized carbons (Fsp3) is 1.00. The predicted octanol–water partition coefficient (Wildman–Crippen LogP) is 0.753. The molecule has 1 saturated heterocycles. The standard InChI is InChI=1S/C10H22N2O2S2/c1-15-10-5-3-4-7-12(9-10)8-6-11-16(2,13)14/h10-11H,3-9H2,1-2H3. The van der Waals surface area contributed by atoms with Crippen molar-refractivity contribution in [2.75, 3.05) is 38.7 Å². The Morgan fingerprint density at radius 1 is 1.44 bits per heavy atom. The Bertz CT molecular complexity index is 293. The lowest BCUT2D eigenvalue weighted by atomic mass is 10.2. The van der Waals surface area contributed by atoms with E-state index >= 15 is 0 Å². The fourth-order valence-corrected chi connectivity index (χ4v) is 3.19. The molecule has 1 unspecified atom stereocenters. The maximum absolute atomic E-state index is 10.9. The number of thioether (sulfide) groups is 1. The van der Waals surface area contributed by atoms with Gasteiger partial charge in [0.05, 0.1) is 6.26 Å². The lowest BCUT2D eigenvalue weighted by molar-refractivity contribution is 0.293. The molecule has 0 spiro atoms. The van der Waals surface area contributed by atoms with E-state index in [-0.39, 0.29) is 0 Å². The summed E-state index contributed by atoms with van der Waals surface area (Å²) in [6.07, 6.45) is 7.18. The van der Waals surface area contributed by atoms with Crippen molar-refractivity contribution in [3.05, 3.63) is 0 Å². The second-order valence-corrected chi connectivity index (χ2v) is 7.29. The maximum atomic E-state index is 10.9. The third kappa shape index (κ3) is 6.08. The Balaban J connectivity index is 2.29. The molecule has 1 fully saturated rings. The van der Waals surface area contributed by atoms with Crippen LogP contribution in [0.15, 0.2) is 0 Å². The summed E-state index contributed by atoms with van der Waals surface area (Å²) >= 11 is 1.92. The molecule has 0 aromatic rings. The van der Waals surface area contributed by atoms with Gasteiger partial charge in [0.15, 0.2) is 0 Å². The fourth-order valence-electron chi connectivity index (χ4n) is 1.96. The zero-order valence-corrected chi connectivity index (χ0v) is 11.7. The molecule has 1 rings (SSSR count). The molecule has 0 bridgehead atoms. The van der Waals surface area contributed by atoms with E-state index in [2.05, 4.69) is 15.9 Å². The molecule has 1 aliphatic heterocycles. The van der Waals surface area contributed by atoms with Crippen molar-refractivity contribution in [3.8, 4) is 0 Å². The van der Waals surface area contributed by atoms with Gasteiger partial charge in [-0.15, -0.1) is 0 Å². The first-order chi connectivity index (χ1) is 7.51. The van der Waals surface area contributed by atoms with Crippen LogP contribution in [0.1, 0.15) is 19.3 Å². The lowest BCUT2D eigenvalue weighted by Gasteiger charge is -2.23. The number of hydrogen-bond donors (Lipinski definition) is 1. The number of hydrogen-bond acceptors (Lipinski definition) is 4. The molecule has 6 heteroatoms. The number of sulfonamides is 1. The Morgan fingerprint density at radius 2 is 2.19 bits per heavy atom. The average Bonchev–Trinajstić information content (AvgIpc) is 2.41. The minimum atomic E-state index is -3.04. The smallest absolute Gasteiger partial charge is 0.208 e. The van der Waals surface area contributed by atoms with Gasteiger partial charge in [0.25, 0.3) is 0 Å². The van der Waals surface area contributed by atoms with Crippen molar-refractivity contribution in [2.45, 2.75) is 24.5 Å². The van der Waals surface area contributed by atoms with E-state index in [4.69, 9.17) is 0 Å². The van der Waals surface area contributed by atoms with Crippen molar-refractivity contribution >= 4 is 21.8 Å². The summed E-state index contributed by atoms with van der Waals surface area (Å²) < 4.78 is 24.4. The normalized spacial score (nSPS) is 24.2. The Hall–Kier alpha value is 0.220. The van der Waals surface area contributed by atoms with E-state index in [1.165, 1.54) is 25.5 Å². The van der Waals surface area contributed by atoms with Crippen LogP contribution in [0.3, 0.4) is 0 Å². The highest BCUT2D eigenvalue weighted by Gasteiger charge is 2.16. The topological polar surface area (TPSA) is 49.4 Å². The van der Waals surface area contributed by atoms with E-state index in [1.54, 1.807) is 0 Å². The Kier molecular flexibility index (Phi) is 6.10. The van der Waals surface area contributed by atoms with E-state index in [9.17, 15) is 8.42 Å². The first kappa shape index (κ1) is 14.3. The summed E-state index contributed by atoms with van der Waals surface area (Å²) in [6, 6.07) is 0. The highest BCUT2D eigenvalue weighted by molar-refractivity contribution is 7.99. The van der Waals surface area contributed by atoms with E-state index < -0.39 is 10.0 Å². The molecule has 0 radical (unpaired) electrons. The molecular weight excluding hydrogens is 244 g/mol. The molecule has 1 N–H and O–H groups in total. The molecule has 16 heavy (non-hydrogen) atoms. The molecule has 4 nitrogen and oxygen atoms in total. The molecule has 1 aliphatic rings. The van der Waals surface area contributed by atoms with Crippen LogP contribution in [-0.4, -0.2) is 57.3 Å². The molecule has 0 saturated carbocycles. The molecule has 96 valence electrons. The van der Waals surface area contributed by atoms with Gasteiger partial charge in [-0.2, -0.15) is 11.8 Å². The molecular formula is C10H22N2O2S2. The molecule has 0 aromatic carbocycles. The van der Waals surface area contributed by atoms with Crippen LogP contribution in [0.25, 0.3) is 0 Å². The molecule has 1 heterocycles. The van der Waals surface area contributed by atoms with Gasteiger partial charge in [0.2, 0.25) is 10.0 Å². The van der Waals surface area contributed by atoms with Crippen molar-refractivity contribution in [2.24, 2.45) is 0 Å². The number of likely N-dealkylation sites (tertiary alicyclic amines) is 1. The lowest BCUT2D eigenvalue weighted by Crippen LogP contribution is -2.37. The van der Waals surface area contributed by atoms with Crippen LogP contribution in [0, 0.1) is 0 Å². The van der Waals surface area contributed by atoms with Gasteiger partial charge in [0, 0.05) is 24.9 Å². The van der Waals surface area contributed by atoms with Gasteiger partial charge in [-0.3, -0.25) is 0 Å². The second kappa shape index (κ2) is 6.83. The van der Waals surface area contributed by atoms with Crippen molar-refractivity contribution < 1.29 is 8.42 Å². The van der Waals surface area contributed by atoms with E-state index in [0.717, 1.165) is 19.6 Å². The molecule has 1 atom stereocenters. The summed E-state index contributed by atoms with van der Waals surface area (Å²) in [5.41, 5.74) is 0. The minimum absolute atomic E-state index is 0.528. The van der Waals surface area contributed by atoms with Crippen LogP contribution < -0.4 is 4.72 Å². The third-order valence-electron chi connectivity index (χ3n) is 2.84. The molecule has 0 amide bonds. The third-order valence-corrected chi connectivity index (χ3v) is 4.62. The Morgan fingerprint density at radius 3 is 2.81 bits per heavy atom. The van der Waals surface area contributed by atoms with Gasteiger partial charge >= 0.3 is 0 Å². The van der Waals surface area contributed by atoms with Crippen LogP contribution in [0.4, 0.5) is 0 Å². The second-order valence-electron chi connectivity index (χ2n) is 4.32. The summed E-state index contributed by atoms with van der Waals surface area (Å²) in [4.78, 5) is 2.37. The quantitative estimate of drug-likeness (QED) is 0.798. The zero-order valence-electron chi connectivity index (χ0n) is 10.1. The summed E-state index contributed by atoms with van der Waals surface area (Å²) in [5.74, 6) is 0. The predicted molar refractivity (Wildman–Crippen MR) is 70.4 cm³/mol. The van der Waals surface area contributed by atoms with Gasteiger partial charge < -0.3 is 4.90 Å². The van der Waals surface area contributed by atoms with Crippen molar-refractivity contribution in [1.29, 1.82) is 0 Å². The first-order valence-corrected chi connectivity index (χ1v) is 8.89. The monoisotopic (exact) mass is 266 g/mol. The first-order valence-electron chi connectivity index (χ1n) is 5.71. The van der Waals surface area contributed by atoms with Gasteiger partial charge in [0.1, 0.15) is 0 Å². The molecule has 0 aliphatic carbocycles. The summed E-state index contributed by atoms with van der Waals surface area (Å²) in [5, 5.41) is 0.709. The van der Waals surface area contributed by atoms with Crippen molar-refractivity contribution in [3.63, 3.8) is 0 Å². The average molecular weight is 266 g/mol. The largest absolute Gasteiger partial charge is 0.301 e. The van der Waals surface area contributed by atoms with Gasteiger partial charge in [-0.1, -0.05) is 6.42 Å². The maximum Gasteiger partial charge on any atom is 0.208 e. The SMILES string of the molecule is CSC1CCCCN(CCNS(C)(=O)=O)C1. The van der Waals surface area contributed by atoms with Crippen LogP contribution in [0.5, 0.6) is 0 Å². The Labute approximate surface area is 103 Å². The van der Waals surface area contributed by atoms with Crippen molar-refractivity contribution in [1.82, 2.24) is 9.62 Å². The number of nitrogens with one attached hydrogen (secondary N) is 1. The highest BCUT2D eigenvalue weighted by Crippen LogP contribution is 2.19. The summed E-state index contributed by atoms with van der Waals surface area (Å²) in [6.45, 7) is 3.54. The van der Waals surface area contributed by atoms with E-state index in [1.807, 2.05) is 11.8 Å². The summed E-state index contributed by atoms with van der Waals surface area (Å²) in [7, 11) is -3.04. The number of nitrogens with zero attached hydrogens (tertiary/aromatic N) is 1. The minimum Gasteiger partial charge on any atom is -0.301 e.